The fourth-order valence-corrected chi connectivity index (χ4v) is 2.11. The second kappa shape index (κ2) is 6.03. The van der Waals surface area contributed by atoms with Crippen molar-refractivity contribution in [3.8, 4) is 0 Å². The summed E-state index contributed by atoms with van der Waals surface area (Å²) in [7, 11) is 0. The van der Waals surface area contributed by atoms with Crippen molar-refractivity contribution in [1.29, 1.82) is 0 Å². The van der Waals surface area contributed by atoms with Gasteiger partial charge in [-0.1, -0.05) is 0 Å². The molecule has 2 fully saturated rings. The van der Waals surface area contributed by atoms with Crippen molar-refractivity contribution in [3.05, 3.63) is 0 Å². The van der Waals surface area contributed by atoms with E-state index < -0.39 is 0 Å². The minimum absolute atomic E-state index is 0. The van der Waals surface area contributed by atoms with E-state index in [1.54, 1.807) is 0 Å². The molecule has 74 valence electrons. The highest BCUT2D eigenvalue weighted by Gasteiger charge is 2.26. The summed E-state index contributed by atoms with van der Waals surface area (Å²) in [6.45, 7) is 2.48. The van der Waals surface area contributed by atoms with Crippen molar-refractivity contribution in [3.63, 3.8) is 0 Å². The van der Waals surface area contributed by atoms with Crippen LogP contribution in [0.5, 0.6) is 0 Å². The van der Waals surface area contributed by atoms with Crippen LogP contribution < -0.4 is 10.6 Å². The molecule has 0 amide bonds. The average molecular weight is 213 g/mol. The molecule has 12 heavy (non-hydrogen) atoms. The third-order valence-electron chi connectivity index (χ3n) is 2.68. The molecule has 2 N–H and O–H groups in total. The van der Waals surface area contributed by atoms with Crippen LogP contribution in [0.3, 0.4) is 0 Å². The highest BCUT2D eigenvalue weighted by molar-refractivity contribution is 5.85. The lowest BCUT2D eigenvalue weighted by molar-refractivity contribution is 0.449. The van der Waals surface area contributed by atoms with Gasteiger partial charge in [0, 0.05) is 12.1 Å². The largest absolute Gasteiger partial charge is 0.312 e. The maximum atomic E-state index is 3.54. The van der Waals surface area contributed by atoms with Crippen LogP contribution in [0.4, 0.5) is 0 Å². The van der Waals surface area contributed by atoms with E-state index in [2.05, 4.69) is 10.6 Å². The Labute approximate surface area is 86.7 Å². The van der Waals surface area contributed by atoms with E-state index in [0.29, 0.717) is 0 Å². The second-order valence-corrected chi connectivity index (χ2v) is 3.41. The summed E-state index contributed by atoms with van der Waals surface area (Å²) >= 11 is 0. The molecule has 4 heteroatoms. The van der Waals surface area contributed by atoms with E-state index in [0.717, 1.165) is 12.1 Å². The molecular weight excluding hydrogens is 195 g/mol. The topological polar surface area (TPSA) is 24.1 Å². The predicted molar refractivity (Wildman–Crippen MR) is 56.5 cm³/mol. The Hall–Kier alpha value is 0.500. The summed E-state index contributed by atoms with van der Waals surface area (Å²) in [4.78, 5) is 0. The molecule has 2 nitrogen and oxygen atoms in total. The van der Waals surface area contributed by atoms with Crippen molar-refractivity contribution in [2.45, 2.75) is 37.8 Å². The standard InChI is InChI=1S/C8H16N2.2ClH/c1-3-7(9-5-1)8-4-2-6-10-8;;/h7-10H,1-6H2;2*1H/t7-,8-;;/m0../s1. The van der Waals surface area contributed by atoms with Gasteiger partial charge >= 0.3 is 0 Å². The fraction of sp³-hybridized carbons (Fsp3) is 1.00. The zero-order valence-corrected chi connectivity index (χ0v) is 8.85. The highest BCUT2D eigenvalue weighted by atomic mass is 35.5. The first-order chi connectivity index (χ1) is 4.97. The maximum Gasteiger partial charge on any atom is 0.0221 e. The molecule has 2 aliphatic heterocycles. The molecule has 0 bridgehead atoms. The van der Waals surface area contributed by atoms with Crippen LogP contribution in [0.1, 0.15) is 25.7 Å². The van der Waals surface area contributed by atoms with Gasteiger partial charge in [0.15, 0.2) is 0 Å². The van der Waals surface area contributed by atoms with Crippen LogP contribution >= 0.6 is 24.8 Å². The van der Waals surface area contributed by atoms with Gasteiger partial charge in [-0.25, -0.2) is 0 Å². The first kappa shape index (κ1) is 12.5. The number of hydrogen-bond acceptors (Lipinski definition) is 2. The quantitative estimate of drug-likeness (QED) is 0.686. The Bertz CT molecular complexity index is 95.6. The third-order valence-corrected chi connectivity index (χ3v) is 2.68. The van der Waals surface area contributed by atoms with E-state index in [1.165, 1.54) is 38.8 Å². The van der Waals surface area contributed by atoms with Crippen LogP contribution in [0, 0.1) is 0 Å². The van der Waals surface area contributed by atoms with Gasteiger partial charge in [0.2, 0.25) is 0 Å². The fourth-order valence-electron chi connectivity index (χ4n) is 2.11. The zero-order valence-electron chi connectivity index (χ0n) is 7.21. The molecule has 0 unspecified atom stereocenters. The summed E-state index contributed by atoms with van der Waals surface area (Å²) in [5.41, 5.74) is 0. The monoisotopic (exact) mass is 212 g/mol. The molecule has 0 aromatic carbocycles. The van der Waals surface area contributed by atoms with E-state index in [1.807, 2.05) is 0 Å². The SMILES string of the molecule is C1CN[C@H]([C@@H]2CCCN2)C1.Cl.Cl. The van der Waals surface area contributed by atoms with Gasteiger partial charge < -0.3 is 10.6 Å². The van der Waals surface area contributed by atoms with Crippen LogP contribution in [-0.4, -0.2) is 25.2 Å². The van der Waals surface area contributed by atoms with Crippen LogP contribution in [0.15, 0.2) is 0 Å². The Balaban J connectivity index is 0.000000605. The van der Waals surface area contributed by atoms with Crippen LogP contribution in [-0.2, 0) is 0 Å². The molecule has 2 heterocycles. The van der Waals surface area contributed by atoms with E-state index in [9.17, 15) is 0 Å². The van der Waals surface area contributed by atoms with Gasteiger partial charge in [0.05, 0.1) is 0 Å². The molecule has 0 aliphatic carbocycles. The minimum Gasteiger partial charge on any atom is -0.312 e. The molecular formula is C8H18Cl2N2. The van der Waals surface area contributed by atoms with Gasteiger partial charge in [-0.2, -0.15) is 0 Å². The molecule has 0 spiro atoms. The van der Waals surface area contributed by atoms with Crippen molar-refractivity contribution in [2.75, 3.05) is 13.1 Å². The molecule has 2 aliphatic rings. The van der Waals surface area contributed by atoms with Gasteiger partial charge in [-0.05, 0) is 38.8 Å². The van der Waals surface area contributed by atoms with Gasteiger partial charge in [-0.15, -0.1) is 24.8 Å². The van der Waals surface area contributed by atoms with Crippen LogP contribution in [0.2, 0.25) is 0 Å². The van der Waals surface area contributed by atoms with Crippen LogP contribution in [0.25, 0.3) is 0 Å². The molecule has 0 radical (unpaired) electrons. The van der Waals surface area contributed by atoms with E-state index in [-0.39, 0.29) is 24.8 Å². The molecule has 2 rings (SSSR count). The summed E-state index contributed by atoms with van der Waals surface area (Å²) in [5, 5.41) is 7.07. The first-order valence-electron chi connectivity index (χ1n) is 4.43. The van der Waals surface area contributed by atoms with Gasteiger partial charge in [-0.3, -0.25) is 0 Å². The van der Waals surface area contributed by atoms with E-state index in [4.69, 9.17) is 0 Å². The Kier molecular flexibility index (Phi) is 6.28. The van der Waals surface area contributed by atoms with E-state index >= 15 is 0 Å². The maximum absolute atomic E-state index is 3.54. The van der Waals surface area contributed by atoms with Crippen molar-refractivity contribution in [1.82, 2.24) is 10.6 Å². The molecule has 2 atom stereocenters. The van der Waals surface area contributed by atoms with Gasteiger partial charge in [0.1, 0.15) is 0 Å². The lowest BCUT2D eigenvalue weighted by Crippen LogP contribution is -2.40. The summed E-state index contributed by atoms with van der Waals surface area (Å²) < 4.78 is 0. The molecule has 0 aromatic heterocycles. The van der Waals surface area contributed by atoms with Crippen molar-refractivity contribution in [2.24, 2.45) is 0 Å². The smallest absolute Gasteiger partial charge is 0.0221 e. The first-order valence-corrected chi connectivity index (χ1v) is 4.43. The number of halogens is 2. The average Bonchev–Trinajstić information content (AvgIpc) is 2.59. The van der Waals surface area contributed by atoms with Crippen molar-refractivity contribution >= 4 is 24.8 Å². The van der Waals surface area contributed by atoms with Crippen molar-refractivity contribution < 1.29 is 0 Å². The lowest BCUT2D eigenvalue weighted by Gasteiger charge is -2.17. The number of hydrogen-bond donors (Lipinski definition) is 2. The number of rotatable bonds is 1. The Morgan fingerprint density at radius 1 is 0.750 bits per heavy atom. The Morgan fingerprint density at radius 3 is 1.42 bits per heavy atom. The summed E-state index contributed by atoms with van der Waals surface area (Å²) in [6, 6.07) is 1.59. The summed E-state index contributed by atoms with van der Waals surface area (Å²) in [6.07, 6.45) is 5.53. The normalized spacial score (nSPS) is 34.0. The second-order valence-electron chi connectivity index (χ2n) is 3.41. The Morgan fingerprint density at radius 2 is 1.17 bits per heavy atom. The zero-order chi connectivity index (χ0) is 6.81. The minimum atomic E-state index is 0. The molecule has 0 aromatic rings. The predicted octanol–water partition coefficient (Wildman–Crippen LogP) is 1.33. The lowest BCUT2D eigenvalue weighted by atomic mass is 10.1. The highest BCUT2D eigenvalue weighted by Crippen LogP contribution is 2.16. The van der Waals surface area contributed by atoms with Gasteiger partial charge in [0.25, 0.3) is 0 Å². The molecule has 0 saturated carbocycles. The number of nitrogens with one attached hydrogen (secondary N) is 2. The summed E-state index contributed by atoms with van der Waals surface area (Å²) in [5.74, 6) is 0. The third kappa shape index (κ3) is 2.77. The molecule has 2 saturated heterocycles.